The van der Waals surface area contributed by atoms with Gasteiger partial charge in [0.1, 0.15) is 0 Å². The number of amides is 1. The van der Waals surface area contributed by atoms with Crippen molar-refractivity contribution in [2.45, 2.75) is 25.3 Å². The average Bonchev–Trinajstić information content (AvgIpc) is 2.47. The van der Waals surface area contributed by atoms with Crippen LogP contribution < -0.4 is 0 Å². The Bertz CT molecular complexity index is 471. The van der Waals surface area contributed by atoms with Gasteiger partial charge in [-0.3, -0.25) is 4.79 Å². The largest absolute Gasteiger partial charge is 0.350 e. The van der Waals surface area contributed by atoms with Crippen molar-refractivity contribution >= 4 is 5.91 Å². The quantitative estimate of drug-likeness (QED) is 0.797. The summed E-state index contributed by atoms with van der Waals surface area (Å²) >= 11 is 0. The molecule has 4 nitrogen and oxygen atoms in total. The van der Waals surface area contributed by atoms with E-state index in [-0.39, 0.29) is 12.5 Å². The van der Waals surface area contributed by atoms with Crippen molar-refractivity contribution in [3.8, 4) is 0 Å². The molecule has 1 fully saturated rings. The maximum atomic E-state index is 14.3. The molecular weight excluding hydrogens is 261 g/mol. The van der Waals surface area contributed by atoms with Gasteiger partial charge in [0.05, 0.1) is 6.54 Å². The lowest BCUT2D eigenvalue weighted by molar-refractivity contribution is -0.259. The highest BCUT2D eigenvalue weighted by atomic mass is 19.1. The summed E-state index contributed by atoms with van der Waals surface area (Å²) in [7, 11) is 2.85. The summed E-state index contributed by atoms with van der Waals surface area (Å²) in [4.78, 5) is 13.8. The second-order valence-electron chi connectivity index (χ2n) is 5.05. The van der Waals surface area contributed by atoms with Gasteiger partial charge in [0.25, 0.3) is 5.91 Å². The Morgan fingerprint density at radius 3 is 2.40 bits per heavy atom. The molecule has 0 aliphatic carbocycles. The Hall–Kier alpha value is -1.46. The van der Waals surface area contributed by atoms with Crippen molar-refractivity contribution in [1.82, 2.24) is 4.90 Å². The number of hydrogen-bond donors (Lipinski definition) is 0. The summed E-state index contributed by atoms with van der Waals surface area (Å²) in [5.41, 5.74) is 1.66. The molecule has 1 amide bonds. The van der Waals surface area contributed by atoms with E-state index in [1.165, 1.54) is 19.1 Å². The molecule has 1 aliphatic rings. The first-order chi connectivity index (χ1) is 9.52. The smallest absolute Gasteiger partial charge is 0.253 e. The van der Waals surface area contributed by atoms with Gasteiger partial charge < -0.3 is 14.4 Å². The molecular formula is C15H20FNO3. The fraction of sp³-hybridized carbons (Fsp3) is 0.533. The molecule has 0 aromatic heterocycles. The molecule has 0 spiro atoms. The fourth-order valence-electron chi connectivity index (χ4n) is 2.48. The van der Waals surface area contributed by atoms with Crippen LogP contribution in [0, 0.1) is 6.92 Å². The van der Waals surface area contributed by atoms with E-state index in [4.69, 9.17) is 9.47 Å². The van der Waals surface area contributed by atoms with E-state index in [1.54, 1.807) is 12.1 Å². The molecule has 0 bridgehead atoms. The number of alkyl halides is 1. The third-order valence-corrected chi connectivity index (χ3v) is 3.86. The number of carbonyl (C=O) groups excluding carboxylic acids is 1. The highest BCUT2D eigenvalue weighted by molar-refractivity contribution is 5.94. The molecule has 1 atom stereocenters. The number of carbonyl (C=O) groups is 1. The summed E-state index contributed by atoms with van der Waals surface area (Å²) in [5.74, 6) is -1.39. The average molecular weight is 281 g/mol. The van der Waals surface area contributed by atoms with E-state index in [0.717, 1.165) is 5.56 Å². The van der Waals surface area contributed by atoms with Crippen LogP contribution in [0.4, 0.5) is 4.39 Å². The zero-order valence-corrected chi connectivity index (χ0v) is 12.1. The second kappa shape index (κ2) is 5.89. The maximum Gasteiger partial charge on any atom is 0.253 e. The molecule has 110 valence electrons. The van der Waals surface area contributed by atoms with Crippen molar-refractivity contribution < 1.29 is 18.7 Å². The number of methoxy groups -OCH3 is 2. The van der Waals surface area contributed by atoms with Crippen LogP contribution in [0.2, 0.25) is 0 Å². The van der Waals surface area contributed by atoms with Crippen LogP contribution in [0.1, 0.15) is 22.3 Å². The van der Waals surface area contributed by atoms with Crippen molar-refractivity contribution in [3.05, 3.63) is 35.4 Å². The van der Waals surface area contributed by atoms with E-state index in [2.05, 4.69) is 0 Å². The van der Waals surface area contributed by atoms with Crippen LogP contribution in [-0.2, 0) is 9.47 Å². The Morgan fingerprint density at radius 2 is 1.90 bits per heavy atom. The monoisotopic (exact) mass is 281 g/mol. The highest BCUT2D eigenvalue weighted by Crippen LogP contribution is 2.29. The lowest BCUT2D eigenvalue weighted by Crippen LogP contribution is -2.56. The summed E-state index contributed by atoms with van der Waals surface area (Å²) < 4.78 is 24.6. The molecule has 1 saturated heterocycles. The summed E-state index contributed by atoms with van der Waals surface area (Å²) in [5, 5.41) is 0. The molecule has 0 radical (unpaired) electrons. The van der Waals surface area contributed by atoms with Gasteiger partial charge in [0.15, 0.2) is 6.17 Å². The van der Waals surface area contributed by atoms with Crippen molar-refractivity contribution in [1.29, 1.82) is 0 Å². The normalized spacial score (nSPS) is 21.8. The third-order valence-electron chi connectivity index (χ3n) is 3.86. The molecule has 20 heavy (non-hydrogen) atoms. The molecule has 1 aromatic rings. The first-order valence-corrected chi connectivity index (χ1v) is 6.62. The molecule has 1 unspecified atom stereocenters. The molecule has 5 heteroatoms. The van der Waals surface area contributed by atoms with Gasteiger partial charge in [-0.05, 0) is 19.1 Å². The molecule has 0 saturated carbocycles. The number of ether oxygens (including phenoxy) is 2. The van der Waals surface area contributed by atoms with E-state index in [1.807, 2.05) is 19.1 Å². The predicted octanol–water partition coefficient (Wildman–Crippen LogP) is 2.17. The minimum atomic E-state index is -1.36. The Balaban J connectivity index is 2.09. The number of benzene rings is 1. The van der Waals surface area contributed by atoms with Crippen LogP contribution in [-0.4, -0.2) is 50.1 Å². The van der Waals surface area contributed by atoms with Crippen LogP contribution in [0.25, 0.3) is 0 Å². The van der Waals surface area contributed by atoms with Crippen LogP contribution in [0.5, 0.6) is 0 Å². The topological polar surface area (TPSA) is 38.8 Å². The standard InChI is InChI=1S/C15H20FNO3/c1-11-4-6-12(7-5-11)14(18)17-9-8-15(19-2,20-3)13(16)10-17/h4-7,13H,8-10H2,1-3H3. The van der Waals surface area contributed by atoms with Crippen molar-refractivity contribution in [3.63, 3.8) is 0 Å². The molecule has 1 heterocycles. The summed E-state index contributed by atoms with van der Waals surface area (Å²) in [6.07, 6.45) is -1.04. The van der Waals surface area contributed by atoms with Gasteiger partial charge in [0, 0.05) is 32.7 Å². The van der Waals surface area contributed by atoms with E-state index < -0.39 is 12.0 Å². The Morgan fingerprint density at radius 1 is 1.30 bits per heavy atom. The third kappa shape index (κ3) is 2.69. The van der Waals surface area contributed by atoms with Gasteiger partial charge in [-0.25, -0.2) is 4.39 Å². The minimum Gasteiger partial charge on any atom is -0.350 e. The number of rotatable bonds is 3. The van der Waals surface area contributed by atoms with E-state index in [9.17, 15) is 9.18 Å². The number of hydrogen-bond acceptors (Lipinski definition) is 3. The van der Waals surface area contributed by atoms with Crippen LogP contribution in [0.15, 0.2) is 24.3 Å². The highest BCUT2D eigenvalue weighted by Gasteiger charge is 2.45. The fourth-order valence-corrected chi connectivity index (χ4v) is 2.48. The van der Waals surface area contributed by atoms with Gasteiger partial charge in [-0.2, -0.15) is 0 Å². The zero-order valence-electron chi connectivity index (χ0n) is 12.1. The minimum absolute atomic E-state index is 0.0195. The SMILES string of the molecule is COC1(OC)CCN(C(=O)c2ccc(C)cc2)CC1F. The van der Waals surface area contributed by atoms with E-state index >= 15 is 0 Å². The summed E-state index contributed by atoms with van der Waals surface area (Å²) in [6, 6.07) is 7.27. The number of piperidine rings is 1. The first kappa shape index (κ1) is 14.9. The van der Waals surface area contributed by atoms with Crippen LogP contribution >= 0.6 is 0 Å². The van der Waals surface area contributed by atoms with Crippen LogP contribution in [0.3, 0.4) is 0 Å². The van der Waals surface area contributed by atoms with E-state index in [0.29, 0.717) is 18.5 Å². The summed E-state index contributed by atoms with van der Waals surface area (Å²) in [6.45, 7) is 2.35. The van der Waals surface area contributed by atoms with Crippen molar-refractivity contribution in [2.24, 2.45) is 0 Å². The molecule has 1 aromatic carbocycles. The Labute approximate surface area is 118 Å². The first-order valence-electron chi connectivity index (χ1n) is 6.62. The second-order valence-corrected chi connectivity index (χ2v) is 5.05. The van der Waals surface area contributed by atoms with Crippen molar-refractivity contribution in [2.75, 3.05) is 27.3 Å². The van der Waals surface area contributed by atoms with Gasteiger partial charge in [-0.15, -0.1) is 0 Å². The number of nitrogens with zero attached hydrogens (tertiary/aromatic N) is 1. The zero-order chi connectivity index (χ0) is 14.8. The molecule has 1 aliphatic heterocycles. The number of halogens is 1. The predicted molar refractivity (Wildman–Crippen MR) is 73.3 cm³/mol. The lowest BCUT2D eigenvalue weighted by atomic mass is 10.00. The maximum absolute atomic E-state index is 14.3. The van der Waals surface area contributed by atoms with Gasteiger partial charge in [0.2, 0.25) is 5.79 Å². The Kier molecular flexibility index (Phi) is 4.40. The number of likely N-dealkylation sites (tertiary alicyclic amines) is 1. The molecule has 2 rings (SSSR count). The molecule has 0 N–H and O–H groups in total. The van der Waals surface area contributed by atoms with Gasteiger partial charge >= 0.3 is 0 Å². The lowest BCUT2D eigenvalue weighted by Gasteiger charge is -2.42. The van der Waals surface area contributed by atoms with Gasteiger partial charge in [-0.1, -0.05) is 17.7 Å². The number of aryl methyl sites for hydroxylation is 1.